The van der Waals surface area contributed by atoms with Crippen LogP contribution in [0.15, 0.2) is 48.7 Å². The lowest BCUT2D eigenvalue weighted by molar-refractivity contribution is 0.218. The number of nitrogens with one attached hydrogen (secondary N) is 2. The topological polar surface area (TPSA) is 96.9 Å². The van der Waals surface area contributed by atoms with Crippen molar-refractivity contribution >= 4 is 17.4 Å². The normalized spacial score (nSPS) is 13.6. The molecule has 0 saturated heterocycles. The monoisotopic (exact) mass is 369 g/mol. The molecule has 0 spiro atoms. The number of aromatic amines is 1. The summed E-state index contributed by atoms with van der Waals surface area (Å²) in [6.07, 6.45) is 1.75. The first kappa shape index (κ1) is 17.1. The van der Waals surface area contributed by atoms with Gasteiger partial charge in [0.25, 0.3) is 0 Å². The number of rotatable bonds is 5. The summed E-state index contributed by atoms with van der Waals surface area (Å²) in [6.45, 7) is 1.47. The summed E-state index contributed by atoms with van der Waals surface area (Å²) in [7, 11) is 0. The molecule has 1 unspecified atom stereocenters. The molecular weight excluding hydrogens is 352 g/mol. The highest BCUT2D eigenvalue weighted by molar-refractivity contribution is 5.54. The van der Waals surface area contributed by atoms with Gasteiger partial charge in [0.2, 0.25) is 11.6 Å². The molecule has 4 rings (SSSR count). The molecule has 0 aliphatic heterocycles. The first-order valence-electron chi connectivity index (χ1n) is 8.29. The van der Waals surface area contributed by atoms with Crippen LogP contribution < -0.4 is 11.1 Å². The highest BCUT2D eigenvalue weighted by Crippen LogP contribution is 2.32. The first-order chi connectivity index (χ1) is 13.0. The van der Waals surface area contributed by atoms with Crippen LogP contribution in [0.3, 0.4) is 0 Å². The average molecular weight is 369 g/mol. The third kappa shape index (κ3) is 3.02. The van der Waals surface area contributed by atoms with E-state index < -0.39 is 18.0 Å². The predicted octanol–water partition coefficient (Wildman–Crippen LogP) is 2.82. The molecule has 4 aromatic rings. The third-order valence-corrected chi connectivity index (χ3v) is 4.27. The first-order valence-corrected chi connectivity index (χ1v) is 8.29. The van der Waals surface area contributed by atoms with Crippen molar-refractivity contribution in [1.82, 2.24) is 24.6 Å². The Hall–Kier alpha value is -3.33. The van der Waals surface area contributed by atoms with Crippen LogP contribution in [0.4, 0.5) is 20.5 Å². The number of H-pyrrole nitrogens is 1. The van der Waals surface area contributed by atoms with Crippen molar-refractivity contribution in [1.29, 1.82) is 0 Å². The van der Waals surface area contributed by atoms with E-state index in [9.17, 15) is 4.39 Å². The Kier molecular flexibility index (Phi) is 4.08. The minimum absolute atomic E-state index is 0.113. The number of anilines is 2. The standard InChI is InChI=1S/C18H17F2N7/c1-11-9-14(26-25-11)22-17-24-16(23-15-3-2-8-27(15)17)18(20,10-21)12-4-6-13(19)7-5-12/h2-9H,10,21H2,1H3,(H2,22,23,24,25,26). The van der Waals surface area contributed by atoms with E-state index in [1.807, 2.05) is 6.92 Å². The van der Waals surface area contributed by atoms with Gasteiger partial charge in [0.1, 0.15) is 11.5 Å². The van der Waals surface area contributed by atoms with Crippen LogP contribution in [0.2, 0.25) is 0 Å². The van der Waals surface area contributed by atoms with E-state index in [2.05, 4.69) is 25.5 Å². The Morgan fingerprint density at radius 3 is 2.67 bits per heavy atom. The molecule has 0 bridgehead atoms. The van der Waals surface area contributed by atoms with Crippen molar-refractivity contribution in [2.45, 2.75) is 12.6 Å². The third-order valence-electron chi connectivity index (χ3n) is 4.27. The van der Waals surface area contributed by atoms with E-state index in [-0.39, 0.29) is 11.4 Å². The van der Waals surface area contributed by atoms with Crippen LogP contribution in [0, 0.1) is 12.7 Å². The highest BCUT2D eigenvalue weighted by Gasteiger charge is 2.37. The second-order valence-electron chi connectivity index (χ2n) is 6.18. The van der Waals surface area contributed by atoms with Gasteiger partial charge in [-0.3, -0.25) is 9.50 Å². The quantitative estimate of drug-likeness (QED) is 0.503. The second kappa shape index (κ2) is 6.44. The fourth-order valence-electron chi connectivity index (χ4n) is 2.84. The summed E-state index contributed by atoms with van der Waals surface area (Å²) in [5.74, 6) is 0.296. The summed E-state index contributed by atoms with van der Waals surface area (Å²) >= 11 is 0. The summed E-state index contributed by atoms with van der Waals surface area (Å²) < 4.78 is 30.8. The molecule has 0 saturated carbocycles. The van der Waals surface area contributed by atoms with Gasteiger partial charge in [0.05, 0.1) is 0 Å². The Bertz CT molecular complexity index is 1090. The van der Waals surface area contributed by atoms with Crippen molar-refractivity contribution in [2.24, 2.45) is 5.73 Å². The number of hydrogen-bond donors (Lipinski definition) is 3. The number of aromatic nitrogens is 5. The Balaban J connectivity index is 1.84. The van der Waals surface area contributed by atoms with Crippen molar-refractivity contribution in [3.05, 3.63) is 71.6 Å². The van der Waals surface area contributed by atoms with Gasteiger partial charge in [-0.1, -0.05) is 12.1 Å². The van der Waals surface area contributed by atoms with Gasteiger partial charge in [-0.2, -0.15) is 10.1 Å². The smallest absolute Gasteiger partial charge is 0.216 e. The molecule has 3 aromatic heterocycles. The van der Waals surface area contributed by atoms with Gasteiger partial charge >= 0.3 is 0 Å². The van der Waals surface area contributed by atoms with Gasteiger partial charge in [0.15, 0.2) is 11.6 Å². The van der Waals surface area contributed by atoms with Gasteiger partial charge in [-0.15, -0.1) is 0 Å². The van der Waals surface area contributed by atoms with E-state index in [0.29, 0.717) is 17.4 Å². The summed E-state index contributed by atoms with van der Waals surface area (Å²) in [4.78, 5) is 8.68. The fourth-order valence-corrected chi connectivity index (χ4v) is 2.84. The molecule has 0 aliphatic carbocycles. The molecule has 27 heavy (non-hydrogen) atoms. The van der Waals surface area contributed by atoms with Gasteiger partial charge < -0.3 is 11.1 Å². The minimum atomic E-state index is -2.17. The van der Waals surface area contributed by atoms with E-state index in [1.165, 1.54) is 24.3 Å². The van der Waals surface area contributed by atoms with Gasteiger partial charge in [-0.05, 0) is 36.8 Å². The molecule has 138 valence electrons. The number of aryl methyl sites for hydroxylation is 1. The molecule has 0 amide bonds. The van der Waals surface area contributed by atoms with Crippen molar-refractivity contribution < 1.29 is 8.78 Å². The van der Waals surface area contributed by atoms with Crippen LogP contribution in [0.25, 0.3) is 5.65 Å². The number of hydrogen-bond acceptors (Lipinski definition) is 5. The number of nitrogens with two attached hydrogens (primary N) is 1. The van der Waals surface area contributed by atoms with Crippen LogP contribution >= 0.6 is 0 Å². The van der Waals surface area contributed by atoms with E-state index >= 15 is 4.39 Å². The number of benzene rings is 1. The average Bonchev–Trinajstić information content (AvgIpc) is 3.30. The zero-order valence-electron chi connectivity index (χ0n) is 14.4. The number of fused-ring (bicyclic) bond motifs is 1. The summed E-state index contributed by atoms with van der Waals surface area (Å²) in [5.41, 5.74) is 5.11. The van der Waals surface area contributed by atoms with Crippen LogP contribution in [-0.4, -0.2) is 31.1 Å². The molecular formula is C18H17F2N7. The summed E-state index contributed by atoms with van der Waals surface area (Å²) in [6, 6.07) is 10.4. The number of alkyl halides is 1. The lowest BCUT2D eigenvalue weighted by Gasteiger charge is -2.23. The maximum Gasteiger partial charge on any atom is 0.216 e. The fraction of sp³-hybridized carbons (Fsp3) is 0.167. The lowest BCUT2D eigenvalue weighted by Crippen LogP contribution is -2.34. The number of nitrogens with zero attached hydrogens (tertiary/aromatic N) is 4. The maximum absolute atomic E-state index is 15.8. The summed E-state index contributed by atoms with van der Waals surface area (Å²) in [5, 5.41) is 9.99. The lowest BCUT2D eigenvalue weighted by atomic mass is 9.95. The van der Waals surface area contributed by atoms with Crippen LogP contribution in [0.5, 0.6) is 0 Å². The van der Waals surface area contributed by atoms with Crippen molar-refractivity contribution in [2.75, 3.05) is 11.9 Å². The molecule has 0 radical (unpaired) electrons. The SMILES string of the molecule is Cc1cc(Nc2nc(C(F)(CN)c3ccc(F)cc3)nc3cccn23)n[nH]1. The van der Waals surface area contributed by atoms with E-state index in [0.717, 1.165) is 5.69 Å². The Labute approximate surface area is 153 Å². The zero-order valence-corrected chi connectivity index (χ0v) is 14.4. The highest BCUT2D eigenvalue weighted by atomic mass is 19.1. The number of halogens is 2. The van der Waals surface area contributed by atoms with Gasteiger partial charge in [-0.25, -0.2) is 13.8 Å². The molecule has 4 N–H and O–H groups in total. The van der Waals surface area contributed by atoms with Crippen molar-refractivity contribution in [3.8, 4) is 0 Å². The van der Waals surface area contributed by atoms with E-state index in [1.54, 1.807) is 28.8 Å². The zero-order chi connectivity index (χ0) is 19.0. The van der Waals surface area contributed by atoms with Crippen LogP contribution in [-0.2, 0) is 5.67 Å². The Morgan fingerprint density at radius 1 is 1.22 bits per heavy atom. The molecule has 1 aromatic carbocycles. The molecule has 7 nitrogen and oxygen atoms in total. The minimum Gasteiger partial charge on any atom is -0.327 e. The second-order valence-corrected chi connectivity index (χ2v) is 6.18. The maximum atomic E-state index is 15.8. The largest absolute Gasteiger partial charge is 0.327 e. The van der Waals surface area contributed by atoms with Crippen molar-refractivity contribution in [3.63, 3.8) is 0 Å². The Morgan fingerprint density at radius 2 is 2.00 bits per heavy atom. The molecule has 3 heterocycles. The molecule has 0 fully saturated rings. The molecule has 0 aliphatic rings. The van der Waals surface area contributed by atoms with Gasteiger partial charge in [0, 0.05) is 24.5 Å². The predicted molar refractivity (Wildman–Crippen MR) is 96.9 cm³/mol. The van der Waals surface area contributed by atoms with Crippen LogP contribution in [0.1, 0.15) is 17.1 Å². The van der Waals surface area contributed by atoms with E-state index in [4.69, 9.17) is 5.73 Å². The molecule has 9 heteroatoms. The molecule has 1 atom stereocenters.